The number of rotatable bonds is 5. The lowest BCUT2D eigenvalue weighted by atomic mass is 9.81. The molecular weight excluding hydrogens is 246 g/mol. The topological polar surface area (TPSA) is 88.2 Å². The van der Waals surface area contributed by atoms with Gasteiger partial charge in [0.25, 0.3) is 0 Å². The molecule has 6 heteroatoms. The van der Waals surface area contributed by atoms with Crippen molar-refractivity contribution in [2.75, 3.05) is 0 Å². The van der Waals surface area contributed by atoms with E-state index >= 15 is 0 Å². The Bertz CT molecular complexity index is 436. The minimum atomic E-state index is -0.829. The third-order valence-corrected chi connectivity index (χ3v) is 3.69. The zero-order valence-corrected chi connectivity index (χ0v) is 11.5. The van der Waals surface area contributed by atoms with Gasteiger partial charge in [-0.15, -0.1) is 0 Å². The predicted octanol–water partition coefficient (Wildman–Crippen LogP) is 2.07. The molecule has 0 unspecified atom stereocenters. The molecule has 0 spiro atoms. The number of aromatic nitrogens is 2. The number of hydrogen-bond acceptors (Lipinski definition) is 5. The Labute approximate surface area is 112 Å². The lowest BCUT2D eigenvalue weighted by Crippen LogP contribution is -2.52. The molecule has 1 fully saturated rings. The van der Waals surface area contributed by atoms with Crippen LogP contribution in [0.1, 0.15) is 63.6 Å². The summed E-state index contributed by atoms with van der Waals surface area (Å²) in [6.07, 6.45) is 4.32. The van der Waals surface area contributed by atoms with Crippen LogP contribution < -0.4 is 5.32 Å². The van der Waals surface area contributed by atoms with E-state index in [4.69, 9.17) is 4.52 Å². The summed E-state index contributed by atoms with van der Waals surface area (Å²) in [6.45, 7) is 4.29. The van der Waals surface area contributed by atoms with Gasteiger partial charge in [0.05, 0.1) is 6.54 Å². The normalized spacial score (nSPS) is 18.7. The zero-order valence-electron chi connectivity index (χ0n) is 11.5. The van der Waals surface area contributed by atoms with E-state index in [0.29, 0.717) is 31.1 Å². The van der Waals surface area contributed by atoms with Gasteiger partial charge >= 0.3 is 5.97 Å². The number of nitrogens with one attached hydrogen (secondary N) is 1. The summed E-state index contributed by atoms with van der Waals surface area (Å²) in [5.41, 5.74) is -0.829. The Balaban J connectivity index is 2.00. The van der Waals surface area contributed by atoms with Gasteiger partial charge in [0, 0.05) is 5.92 Å². The first-order valence-electron chi connectivity index (χ1n) is 6.84. The van der Waals surface area contributed by atoms with Crippen molar-refractivity contribution in [3.63, 3.8) is 0 Å². The maximum Gasteiger partial charge on any atom is 0.323 e. The molecule has 1 aliphatic rings. The highest BCUT2D eigenvalue weighted by Gasteiger charge is 2.39. The number of carboxylic acids is 1. The molecule has 19 heavy (non-hydrogen) atoms. The van der Waals surface area contributed by atoms with E-state index in [0.717, 1.165) is 19.3 Å². The number of carboxylic acid groups (broad SMARTS) is 1. The van der Waals surface area contributed by atoms with Crippen LogP contribution in [-0.4, -0.2) is 26.8 Å². The molecule has 1 heterocycles. The van der Waals surface area contributed by atoms with E-state index < -0.39 is 11.5 Å². The first kappa shape index (κ1) is 14.0. The van der Waals surface area contributed by atoms with Gasteiger partial charge in [-0.05, 0) is 12.8 Å². The number of carbonyl (C=O) groups is 1. The fourth-order valence-corrected chi connectivity index (χ4v) is 2.44. The molecule has 1 aliphatic carbocycles. The highest BCUT2D eigenvalue weighted by Crippen LogP contribution is 2.28. The summed E-state index contributed by atoms with van der Waals surface area (Å²) in [5, 5.41) is 16.4. The van der Waals surface area contributed by atoms with Crippen LogP contribution in [0.2, 0.25) is 0 Å². The average Bonchev–Trinajstić information content (AvgIpc) is 2.86. The van der Waals surface area contributed by atoms with Crippen molar-refractivity contribution in [2.24, 2.45) is 0 Å². The monoisotopic (exact) mass is 267 g/mol. The summed E-state index contributed by atoms with van der Waals surface area (Å²) < 4.78 is 5.13. The van der Waals surface area contributed by atoms with Gasteiger partial charge in [0.1, 0.15) is 5.54 Å². The van der Waals surface area contributed by atoms with Gasteiger partial charge < -0.3 is 9.63 Å². The van der Waals surface area contributed by atoms with Crippen molar-refractivity contribution < 1.29 is 14.4 Å². The van der Waals surface area contributed by atoms with Crippen molar-refractivity contribution in [1.82, 2.24) is 15.5 Å². The fraction of sp³-hybridized carbons (Fsp3) is 0.769. The predicted molar refractivity (Wildman–Crippen MR) is 68.7 cm³/mol. The molecule has 0 radical (unpaired) electrons. The molecule has 0 atom stereocenters. The molecular formula is C13H21N3O3. The highest BCUT2D eigenvalue weighted by molar-refractivity contribution is 5.78. The van der Waals surface area contributed by atoms with Gasteiger partial charge in [-0.25, -0.2) is 0 Å². The molecule has 1 aromatic heterocycles. The second-order valence-corrected chi connectivity index (χ2v) is 5.50. The minimum Gasteiger partial charge on any atom is -0.480 e. The molecule has 6 nitrogen and oxygen atoms in total. The molecule has 2 N–H and O–H groups in total. The van der Waals surface area contributed by atoms with E-state index in [1.807, 2.05) is 13.8 Å². The maximum absolute atomic E-state index is 11.5. The first-order valence-corrected chi connectivity index (χ1v) is 6.84. The molecule has 1 aromatic rings. The Kier molecular flexibility index (Phi) is 4.19. The van der Waals surface area contributed by atoms with Gasteiger partial charge in [0.15, 0.2) is 5.82 Å². The average molecular weight is 267 g/mol. The van der Waals surface area contributed by atoms with Crippen molar-refractivity contribution >= 4 is 5.97 Å². The van der Waals surface area contributed by atoms with Gasteiger partial charge in [-0.1, -0.05) is 38.3 Å². The number of aliphatic carboxylic acids is 1. The smallest absolute Gasteiger partial charge is 0.323 e. The zero-order chi connectivity index (χ0) is 13.9. The largest absolute Gasteiger partial charge is 0.480 e. The Morgan fingerprint density at radius 2 is 2.11 bits per heavy atom. The van der Waals surface area contributed by atoms with E-state index in [-0.39, 0.29) is 5.92 Å². The summed E-state index contributed by atoms with van der Waals surface area (Å²) in [6, 6.07) is 0. The molecule has 1 saturated carbocycles. The highest BCUT2D eigenvalue weighted by atomic mass is 16.5. The van der Waals surface area contributed by atoms with Crippen LogP contribution in [0.5, 0.6) is 0 Å². The first-order chi connectivity index (χ1) is 9.03. The third-order valence-electron chi connectivity index (χ3n) is 3.69. The molecule has 0 aromatic carbocycles. The van der Waals surface area contributed by atoms with Crippen LogP contribution in [0.3, 0.4) is 0 Å². The minimum absolute atomic E-state index is 0.209. The van der Waals surface area contributed by atoms with Crippen molar-refractivity contribution in [2.45, 2.75) is 64.0 Å². The summed E-state index contributed by atoms with van der Waals surface area (Å²) in [4.78, 5) is 15.7. The van der Waals surface area contributed by atoms with Crippen LogP contribution >= 0.6 is 0 Å². The van der Waals surface area contributed by atoms with E-state index in [2.05, 4.69) is 15.5 Å². The molecule has 0 aliphatic heterocycles. The lowest BCUT2D eigenvalue weighted by Gasteiger charge is -2.33. The van der Waals surface area contributed by atoms with Crippen molar-refractivity contribution in [3.8, 4) is 0 Å². The quantitative estimate of drug-likeness (QED) is 0.849. The fourth-order valence-electron chi connectivity index (χ4n) is 2.44. The lowest BCUT2D eigenvalue weighted by molar-refractivity contribution is -0.146. The number of nitrogens with zero attached hydrogens (tertiary/aromatic N) is 2. The molecule has 0 amide bonds. The van der Waals surface area contributed by atoms with Crippen molar-refractivity contribution in [3.05, 3.63) is 11.7 Å². The standard InChI is InChI=1S/C13H21N3O3/c1-9(2)11-15-10(19-16-11)8-14-13(12(17)18)6-4-3-5-7-13/h9,14H,3-8H2,1-2H3,(H,17,18). The van der Waals surface area contributed by atoms with Crippen LogP contribution in [-0.2, 0) is 11.3 Å². The van der Waals surface area contributed by atoms with Crippen LogP contribution in [0.15, 0.2) is 4.52 Å². The second-order valence-electron chi connectivity index (χ2n) is 5.50. The van der Waals surface area contributed by atoms with Gasteiger partial charge in [-0.3, -0.25) is 10.1 Å². The molecule has 106 valence electrons. The Morgan fingerprint density at radius 1 is 1.42 bits per heavy atom. The second kappa shape index (κ2) is 5.69. The van der Waals surface area contributed by atoms with Crippen LogP contribution in [0.25, 0.3) is 0 Å². The molecule has 0 bridgehead atoms. The van der Waals surface area contributed by atoms with E-state index in [9.17, 15) is 9.90 Å². The van der Waals surface area contributed by atoms with Gasteiger partial charge in [0.2, 0.25) is 5.89 Å². The van der Waals surface area contributed by atoms with Crippen LogP contribution in [0.4, 0.5) is 0 Å². The summed E-state index contributed by atoms with van der Waals surface area (Å²) >= 11 is 0. The Morgan fingerprint density at radius 3 is 2.63 bits per heavy atom. The third kappa shape index (κ3) is 3.12. The Hall–Kier alpha value is -1.43. The molecule has 0 saturated heterocycles. The van der Waals surface area contributed by atoms with E-state index in [1.54, 1.807) is 0 Å². The number of hydrogen-bond donors (Lipinski definition) is 2. The van der Waals surface area contributed by atoms with Crippen molar-refractivity contribution in [1.29, 1.82) is 0 Å². The van der Waals surface area contributed by atoms with Crippen LogP contribution in [0, 0.1) is 0 Å². The summed E-state index contributed by atoms with van der Waals surface area (Å²) in [5.74, 6) is 0.538. The maximum atomic E-state index is 11.5. The SMILES string of the molecule is CC(C)c1noc(CNC2(C(=O)O)CCCCC2)n1. The van der Waals surface area contributed by atoms with E-state index in [1.165, 1.54) is 0 Å². The molecule has 2 rings (SSSR count). The van der Waals surface area contributed by atoms with Gasteiger partial charge in [-0.2, -0.15) is 4.98 Å². The summed E-state index contributed by atoms with van der Waals surface area (Å²) in [7, 11) is 0.